The second-order valence-electron chi connectivity index (χ2n) is 5.92. The van der Waals surface area contributed by atoms with Gasteiger partial charge in [0.15, 0.2) is 0 Å². The predicted octanol–water partition coefficient (Wildman–Crippen LogP) is 4.59. The number of benzene rings is 1. The van der Waals surface area contributed by atoms with Gasteiger partial charge in [-0.15, -0.1) is 11.3 Å². The van der Waals surface area contributed by atoms with E-state index >= 15 is 0 Å². The highest BCUT2D eigenvalue weighted by molar-refractivity contribution is 7.12. The van der Waals surface area contributed by atoms with E-state index in [0.717, 1.165) is 6.54 Å². The van der Waals surface area contributed by atoms with Crippen molar-refractivity contribution < 1.29 is 0 Å². The molecule has 0 bridgehead atoms. The van der Waals surface area contributed by atoms with Crippen LogP contribution in [0.15, 0.2) is 24.3 Å². The first kappa shape index (κ1) is 14.7. The van der Waals surface area contributed by atoms with Crippen molar-refractivity contribution in [3.63, 3.8) is 0 Å². The van der Waals surface area contributed by atoms with E-state index in [1.807, 2.05) is 11.3 Å². The summed E-state index contributed by atoms with van der Waals surface area (Å²) in [6, 6.07) is 9.31. The van der Waals surface area contributed by atoms with Crippen LogP contribution in [-0.2, 0) is 6.42 Å². The molecule has 1 N–H and O–H groups in total. The average molecular weight is 300 g/mol. The lowest BCUT2D eigenvalue weighted by Crippen LogP contribution is -2.17. The lowest BCUT2D eigenvalue weighted by molar-refractivity contribution is 0.602. The largest absolute Gasteiger partial charge is 0.310 e. The molecule has 3 rings (SSSR count). The normalized spacial score (nSPS) is 19.3. The predicted molar refractivity (Wildman–Crippen MR) is 90.2 cm³/mol. The topological polar surface area (TPSA) is 24.9 Å². The molecule has 2 atom stereocenters. The van der Waals surface area contributed by atoms with Crippen LogP contribution < -0.4 is 5.32 Å². The molecule has 1 heterocycles. The zero-order valence-electron chi connectivity index (χ0n) is 13.1. The molecule has 1 aliphatic rings. The Morgan fingerprint density at radius 2 is 2.19 bits per heavy atom. The van der Waals surface area contributed by atoms with Crippen molar-refractivity contribution in [2.24, 2.45) is 0 Å². The molecule has 21 heavy (non-hydrogen) atoms. The first-order chi connectivity index (χ1) is 10.2. The third-order valence-electron chi connectivity index (χ3n) is 4.42. The van der Waals surface area contributed by atoms with E-state index in [2.05, 4.69) is 50.4 Å². The van der Waals surface area contributed by atoms with Gasteiger partial charge in [-0.2, -0.15) is 0 Å². The van der Waals surface area contributed by atoms with Gasteiger partial charge in [-0.25, -0.2) is 4.98 Å². The van der Waals surface area contributed by atoms with E-state index in [1.54, 1.807) is 0 Å². The van der Waals surface area contributed by atoms with Gasteiger partial charge in [0.2, 0.25) is 0 Å². The molecule has 2 aromatic rings. The number of nitrogens with zero attached hydrogens (tertiary/aromatic N) is 1. The lowest BCUT2D eigenvalue weighted by atomic mass is 9.83. The second-order valence-corrected chi connectivity index (χ2v) is 6.99. The number of hydrogen-bond donors (Lipinski definition) is 1. The van der Waals surface area contributed by atoms with Crippen molar-refractivity contribution in [3.8, 4) is 0 Å². The van der Waals surface area contributed by atoms with E-state index in [0.29, 0.717) is 12.0 Å². The molecular formula is C18H24N2S. The highest BCUT2D eigenvalue weighted by Gasteiger charge is 2.25. The van der Waals surface area contributed by atoms with Crippen molar-refractivity contribution in [1.82, 2.24) is 10.3 Å². The summed E-state index contributed by atoms with van der Waals surface area (Å²) in [5.41, 5.74) is 4.22. The zero-order chi connectivity index (χ0) is 14.8. The Kier molecular flexibility index (Phi) is 4.41. The van der Waals surface area contributed by atoms with Gasteiger partial charge in [0.05, 0.1) is 5.69 Å². The first-order valence-corrected chi connectivity index (χ1v) is 8.80. The number of nitrogens with one attached hydrogen (secondary N) is 1. The number of thiazole rings is 1. The number of aromatic nitrogens is 1. The molecule has 112 valence electrons. The first-order valence-electron chi connectivity index (χ1n) is 7.99. The van der Waals surface area contributed by atoms with E-state index in [1.165, 1.54) is 46.0 Å². The summed E-state index contributed by atoms with van der Waals surface area (Å²) in [6.45, 7) is 7.55. The van der Waals surface area contributed by atoms with Gasteiger partial charge in [-0.3, -0.25) is 0 Å². The van der Waals surface area contributed by atoms with Gasteiger partial charge in [-0.05, 0) is 50.8 Å². The van der Waals surface area contributed by atoms with Crippen molar-refractivity contribution in [2.75, 3.05) is 6.54 Å². The number of hydrogen-bond acceptors (Lipinski definition) is 3. The van der Waals surface area contributed by atoms with Crippen LogP contribution in [0.1, 0.15) is 65.4 Å². The van der Waals surface area contributed by atoms with Gasteiger partial charge < -0.3 is 5.32 Å². The Morgan fingerprint density at radius 3 is 3.00 bits per heavy atom. The molecule has 0 spiro atoms. The Labute approximate surface area is 131 Å². The monoisotopic (exact) mass is 300 g/mol. The standard InChI is InChI=1S/C18H24N2S/c1-4-19-12(2)17-13(3)20-18(21-17)16-11-7-9-14-8-5-6-10-15(14)16/h5-6,8,10,12,16,19H,4,7,9,11H2,1-3H3. The maximum absolute atomic E-state index is 4.92. The highest BCUT2D eigenvalue weighted by Crippen LogP contribution is 2.40. The van der Waals surface area contributed by atoms with E-state index < -0.39 is 0 Å². The van der Waals surface area contributed by atoms with Crippen molar-refractivity contribution in [1.29, 1.82) is 0 Å². The minimum Gasteiger partial charge on any atom is -0.310 e. The van der Waals surface area contributed by atoms with E-state index in [-0.39, 0.29) is 0 Å². The van der Waals surface area contributed by atoms with Crippen molar-refractivity contribution in [3.05, 3.63) is 51.0 Å². The summed E-state index contributed by atoms with van der Waals surface area (Å²) in [5, 5.41) is 4.81. The molecule has 0 amide bonds. The summed E-state index contributed by atoms with van der Waals surface area (Å²) >= 11 is 1.90. The Bertz CT molecular complexity index is 617. The third-order valence-corrected chi connectivity index (χ3v) is 5.87. The molecule has 3 heteroatoms. The highest BCUT2D eigenvalue weighted by atomic mass is 32.1. The van der Waals surface area contributed by atoms with Crippen LogP contribution in [0.5, 0.6) is 0 Å². The van der Waals surface area contributed by atoms with Crippen molar-refractivity contribution >= 4 is 11.3 Å². The summed E-state index contributed by atoms with van der Waals surface area (Å²) in [5.74, 6) is 0.501. The maximum atomic E-state index is 4.92. The molecule has 0 radical (unpaired) electrons. The molecule has 1 aromatic heterocycles. The summed E-state index contributed by atoms with van der Waals surface area (Å²) < 4.78 is 0. The number of aryl methyl sites for hydroxylation is 2. The quantitative estimate of drug-likeness (QED) is 0.893. The number of rotatable bonds is 4. The van der Waals surface area contributed by atoms with Crippen LogP contribution in [0.25, 0.3) is 0 Å². The molecule has 2 unspecified atom stereocenters. The molecule has 1 aromatic carbocycles. The summed E-state index contributed by atoms with van der Waals surface area (Å²) in [6.07, 6.45) is 3.73. The molecule has 0 aliphatic heterocycles. The van der Waals surface area contributed by atoms with Crippen molar-refractivity contribution in [2.45, 2.75) is 52.0 Å². The molecule has 1 aliphatic carbocycles. The summed E-state index contributed by atoms with van der Waals surface area (Å²) in [4.78, 5) is 6.31. The Balaban J connectivity index is 1.94. The SMILES string of the molecule is CCNC(C)c1sc(C2CCCc3ccccc32)nc1C. The van der Waals surface area contributed by atoms with Crippen LogP contribution in [-0.4, -0.2) is 11.5 Å². The van der Waals surface area contributed by atoms with Gasteiger partial charge >= 0.3 is 0 Å². The zero-order valence-corrected chi connectivity index (χ0v) is 14.0. The Hall–Kier alpha value is -1.19. The smallest absolute Gasteiger partial charge is 0.101 e. The van der Waals surface area contributed by atoms with E-state index in [4.69, 9.17) is 4.98 Å². The van der Waals surface area contributed by atoms with Crippen LogP contribution in [0, 0.1) is 6.92 Å². The minimum atomic E-state index is 0.403. The molecule has 0 saturated carbocycles. The number of fused-ring (bicyclic) bond motifs is 1. The molecule has 0 fully saturated rings. The van der Waals surface area contributed by atoms with Crippen LogP contribution >= 0.6 is 11.3 Å². The van der Waals surface area contributed by atoms with Gasteiger partial charge in [-0.1, -0.05) is 31.2 Å². The second kappa shape index (κ2) is 6.29. The van der Waals surface area contributed by atoms with Gasteiger partial charge in [0.25, 0.3) is 0 Å². The fourth-order valence-electron chi connectivity index (χ4n) is 3.39. The van der Waals surface area contributed by atoms with Gasteiger partial charge in [0, 0.05) is 16.8 Å². The van der Waals surface area contributed by atoms with Crippen LogP contribution in [0.3, 0.4) is 0 Å². The maximum Gasteiger partial charge on any atom is 0.101 e. The fraction of sp³-hybridized carbons (Fsp3) is 0.500. The van der Waals surface area contributed by atoms with Crippen LogP contribution in [0.2, 0.25) is 0 Å². The third kappa shape index (κ3) is 2.90. The van der Waals surface area contributed by atoms with Gasteiger partial charge in [0.1, 0.15) is 5.01 Å². The lowest BCUT2D eigenvalue weighted by Gasteiger charge is -2.23. The van der Waals surface area contributed by atoms with E-state index in [9.17, 15) is 0 Å². The molecular weight excluding hydrogens is 276 g/mol. The Morgan fingerprint density at radius 1 is 1.38 bits per heavy atom. The molecule has 0 saturated heterocycles. The van der Waals surface area contributed by atoms with Crippen LogP contribution in [0.4, 0.5) is 0 Å². The molecule has 2 nitrogen and oxygen atoms in total. The average Bonchev–Trinajstić information content (AvgIpc) is 2.89. The fourth-order valence-corrected chi connectivity index (χ4v) is 4.64. The summed E-state index contributed by atoms with van der Waals surface area (Å²) in [7, 11) is 0. The minimum absolute atomic E-state index is 0.403.